The normalized spacial score (nSPS) is 12.5. The minimum Gasteiger partial charge on any atom is -0.376 e. The van der Waals surface area contributed by atoms with Crippen molar-refractivity contribution in [3.8, 4) is 0 Å². The molecule has 0 fully saturated rings. The molecule has 0 bridgehead atoms. The summed E-state index contributed by atoms with van der Waals surface area (Å²) in [4.78, 5) is 0. The van der Waals surface area contributed by atoms with Crippen LogP contribution in [0.5, 0.6) is 0 Å². The van der Waals surface area contributed by atoms with Crippen LogP contribution < -0.4 is 5.32 Å². The molecule has 0 saturated heterocycles. The molecule has 1 aromatic carbocycles. The van der Waals surface area contributed by atoms with Gasteiger partial charge in [-0.15, -0.1) is 11.3 Å². The molecular formula is C13H13ClFNS. The number of aryl methyl sites for hydroxylation is 1. The molecule has 0 aliphatic rings. The molecular weight excluding hydrogens is 257 g/mol. The lowest BCUT2D eigenvalue weighted by Gasteiger charge is -2.15. The van der Waals surface area contributed by atoms with E-state index < -0.39 is 0 Å². The molecule has 0 aliphatic heterocycles. The third-order valence-corrected chi connectivity index (χ3v) is 3.69. The first-order valence-electron chi connectivity index (χ1n) is 5.33. The third kappa shape index (κ3) is 2.99. The fourth-order valence-electron chi connectivity index (χ4n) is 1.62. The van der Waals surface area contributed by atoms with Crippen LogP contribution in [0.2, 0.25) is 4.34 Å². The Morgan fingerprint density at radius 3 is 2.76 bits per heavy atom. The van der Waals surface area contributed by atoms with E-state index in [4.69, 9.17) is 11.6 Å². The molecule has 1 unspecified atom stereocenters. The van der Waals surface area contributed by atoms with Crippen LogP contribution in [0.15, 0.2) is 29.6 Å². The molecule has 0 aliphatic carbocycles. The number of thiophene rings is 1. The van der Waals surface area contributed by atoms with Gasteiger partial charge < -0.3 is 5.32 Å². The van der Waals surface area contributed by atoms with Crippen LogP contribution in [0.25, 0.3) is 0 Å². The molecule has 1 heterocycles. The maximum atomic E-state index is 13.6. The van der Waals surface area contributed by atoms with Gasteiger partial charge in [-0.25, -0.2) is 4.39 Å². The van der Waals surface area contributed by atoms with E-state index in [0.717, 1.165) is 15.5 Å². The van der Waals surface area contributed by atoms with Gasteiger partial charge in [-0.1, -0.05) is 17.7 Å². The molecule has 90 valence electrons. The summed E-state index contributed by atoms with van der Waals surface area (Å²) in [7, 11) is 0. The molecule has 0 saturated carbocycles. The SMILES string of the molecule is Cc1ccc(F)c(NC(C)c2csc(Cl)c2)c1. The second-order valence-corrected chi connectivity index (χ2v) is 5.58. The molecule has 0 radical (unpaired) electrons. The van der Waals surface area contributed by atoms with Crippen molar-refractivity contribution >= 4 is 28.6 Å². The molecule has 1 aromatic heterocycles. The number of rotatable bonds is 3. The van der Waals surface area contributed by atoms with E-state index in [2.05, 4.69) is 5.32 Å². The standard InChI is InChI=1S/C13H13ClFNS/c1-8-3-4-11(15)12(5-8)16-9(2)10-6-13(14)17-7-10/h3-7,9,16H,1-2H3. The van der Waals surface area contributed by atoms with Crippen LogP contribution >= 0.6 is 22.9 Å². The van der Waals surface area contributed by atoms with E-state index in [1.165, 1.54) is 17.4 Å². The molecule has 1 N–H and O–H groups in total. The highest BCUT2D eigenvalue weighted by atomic mass is 35.5. The highest BCUT2D eigenvalue weighted by Crippen LogP contribution is 2.28. The predicted octanol–water partition coefficient (Wildman–Crippen LogP) is 5.02. The lowest BCUT2D eigenvalue weighted by molar-refractivity contribution is 0.627. The molecule has 0 spiro atoms. The summed E-state index contributed by atoms with van der Waals surface area (Å²) in [5, 5.41) is 5.13. The number of halogens is 2. The highest BCUT2D eigenvalue weighted by Gasteiger charge is 2.10. The zero-order chi connectivity index (χ0) is 12.4. The Balaban J connectivity index is 2.18. The van der Waals surface area contributed by atoms with Gasteiger partial charge in [0.15, 0.2) is 0 Å². The van der Waals surface area contributed by atoms with Crippen molar-refractivity contribution in [2.24, 2.45) is 0 Å². The Hall–Kier alpha value is -1.06. The predicted molar refractivity (Wildman–Crippen MR) is 72.5 cm³/mol. The minimum absolute atomic E-state index is 0.0371. The van der Waals surface area contributed by atoms with E-state index in [-0.39, 0.29) is 11.9 Å². The van der Waals surface area contributed by atoms with E-state index in [0.29, 0.717) is 5.69 Å². The summed E-state index contributed by atoms with van der Waals surface area (Å²) in [6.07, 6.45) is 0. The van der Waals surface area contributed by atoms with Gasteiger partial charge in [0.2, 0.25) is 0 Å². The van der Waals surface area contributed by atoms with E-state index in [1.54, 1.807) is 12.1 Å². The molecule has 1 nitrogen and oxygen atoms in total. The Morgan fingerprint density at radius 1 is 1.35 bits per heavy atom. The van der Waals surface area contributed by atoms with Crippen molar-refractivity contribution in [1.82, 2.24) is 0 Å². The Morgan fingerprint density at radius 2 is 2.12 bits per heavy atom. The maximum absolute atomic E-state index is 13.6. The van der Waals surface area contributed by atoms with Gasteiger partial charge in [-0.3, -0.25) is 0 Å². The number of anilines is 1. The molecule has 17 heavy (non-hydrogen) atoms. The van der Waals surface area contributed by atoms with E-state index in [1.807, 2.05) is 25.3 Å². The zero-order valence-corrected chi connectivity index (χ0v) is 11.2. The fraction of sp³-hybridized carbons (Fsp3) is 0.231. The van der Waals surface area contributed by atoms with E-state index in [9.17, 15) is 4.39 Å². The highest BCUT2D eigenvalue weighted by molar-refractivity contribution is 7.14. The van der Waals surface area contributed by atoms with Crippen molar-refractivity contribution in [1.29, 1.82) is 0 Å². The Bertz CT molecular complexity index is 524. The quantitative estimate of drug-likeness (QED) is 0.825. The molecule has 0 amide bonds. The third-order valence-electron chi connectivity index (χ3n) is 2.58. The van der Waals surface area contributed by atoms with Gasteiger partial charge in [0.05, 0.1) is 10.0 Å². The lowest BCUT2D eigenvalue weighted by atomic mass is 10.1. The van der Waals surface area contributed by atoms with Crippen molar-refractivity contribution in [3.63, 3.8) is 0 Å². The number of hydrogen-bond donors (Lipinski definition) is 1. The summed E-state index contributed by atoms with van der Waals surface area (Å²) in [6.45, 7) is 3.93. The van der Waals surface area contributed by atoms with Crippen LogP contribution in [0.4, 0.5) is 10.1 Å². The van der Waals surface area contributed by atoms with Crippen molar-refractivity contribution in [3.05, 3.63) is 50.9 Å². The van der Waals surface area contributed by atoms with Gasteiger partial charge in [-0.2, -0.15) is 0 Å². The Kier molecular flexibility index (Phi) is 3.69. The van der Waals surface area contributed by atoms with Crippen LogP contribution in [0.3, 0.4) is 0 Å². The lowest BCUT2D eigenvalue weighted by Crippen LogP contribution is -2.07. The van der Waals surface area contributed by atoms with Crippen LogP contribution in [-0.4, -0.2) is 0 Å². The fourth-order valence-corrected chi connectivity index (χ4v) is 2.60. The van der Waals surface area contributed by atoms with Crippen molar-refractivity contribution in [2.45, 2.75) is 19.9 Å². The number of benzene rings is 1. The van der Waals surface area contributed by atoms with Crippen molar-refractivity contribution < 1.29 is 4.39 Å². The number of hydrogen-bond acceptors (Lipinski definition) is 2. The van der Waals surface area contributed by atoms with Gasteiger partial charge in [-0.05, 0) is 48.6 Å². The summed E-state index contributed by atoms with van der Waals surface area (Å²) in [6, 6.07) is 6.98. The molecule has 1 atom stereocenters. The van der Waals surface area contributed by atoms with Gasteiger partial charge in [0, 0.05) is 6.04 Å². The smallest absolute Gasteiger partial charge is 0.146 e. The van der Waals surface area contributed by atoms with Crippen LogP contribution in [0, 0.1) is 12.7 Å². The summed E-state index contributed by atoms with van der Waals surface area (Å²) < 4.78 is 14.3. The second-order valence-electron chi connectivity index (χ2n) is 4.03. The molecule has 2 aromatic rings. The summed E-state index contributed by atoms with van der Waals surface area (Å²) in [5.41, 5.74) is 2.63. The van der Waals surface area contributed by atoms with Gasteiger partial charge >= 0.3 is 0 Å². The minimum atomic E-state index is -0.233. The number of nitrogens with one attached hydrogen (secondary N) is 1. The second kappa shape index (κ2) is 5.07. The topological polar surface area (TPSA) is 12.0 Å². The maximum Gasteiger partial charge on any atom is 0.146 e. The van der Waals surface area contributed by atoms with Crippen LogP contribution in [-0.2, 0) is 0 Å². The van der Waals surface area contributed by atoms with Gasteiger partial charge in [0.1, 0.15) is 5.82 Å². The average molecular weight is 270 g/mol. The van der Waals surface area contributed by atoms with Crippen molar-refractivity contribution in [2.75, 3.05) is 5.32 Å². The first kappa shape index (κ1) is 12.4. The zero-order valence-electron chi connectivity index (χ0n) is 9.63. The first-order valence-corrected chi connectivity index (χ1v) is 6.58. The first-order chi connectivity index (χ1) is 8.06. The Labute approximate surface area is 109 Å². The monoisotopic (exact) mass is 269 g/mol. The summed E-state index contributed by atoms with van der Waals surface area (Å²) in [5.74, 6) is -0.233. The molecule has 4 heteroatoms. The summed E-state index contributed by atoms with van der Waals surface area (Å²) >= 11 is 7.36. The average Bonchev–Trinajstić information content (AvgIpc) is 2.70. The van der Waals surface area contributed by atoms with E-state index >= 15 is 0 Å². The van der Waals surface area contributed by atoms with Gasteiger partial charge in [0.25, 0.3) is 0 Å². The largest absolute Gasteiger partial charge is 0.376 e. The molecule has 2 rings (SSSR count). The van der Waals surface area contributed by atoms with Crippen LogP contribution in [0.1, 0.15) is 24.1 Å².